The number of rotatable bonds is 4. The molecule has 1 aromatic rings. The Hall–Kier alpha value is -1.79. The third kappa shape index (κ3) is 5.32. The van der Waals surface area contributed by atoms with Crippen molar-refractivity contribution in [2.75, 3.05) is 31.2 Å². The molecule has 0 spiro atoms. The van der Waals surface area contributed by atoms with Crippen LogP contribution in [0.1, 0.15) is 75.3 Å². The molecule has 6 heteroatoms. The molecule has 0 aromatic heterocycles. The van der Waals surface area contributed by atoms with E-state index in [0.717, 1.165) is 67.6 Å². The van der Waals surface area contributed by atoms with Gasteiger partial charge in [0.25, 0.3) is 5.91 Å². The SMILES string of the molecule is Cc1cc(C=C2SC(=NC3CCCCC3)N(C3CCCCC3)C2=O)ccc1N1CCOCC1. The van der Waals surface area contributed by atoms with Crippen LogP contribution < -0.4 is 4.90 Å². The summed E-state index contributed by atoms with van der Waals surface area (Å²) in [5, 5.41) is 0.965. The zero-order valence-electron chi connectivity index (χ0n) is 19.9. The molecule has 2 saturated heterocycles. The molecular weight excluding hydrogens is 430 g/mol. The first-order chi connectivity index (χ1) is 16.2. The number of nitrogens with zero attached hydrogens (tertiary/aromatic N) is 3. The van der Waals surface area contributed by atoms with Gasteiger partial charge >= 0.3 is 0 Å². The summed E-state index contributed by atoms with van der Waals surface area (Å²) in [5.74, 6) is 0.163. The monoisotopic (exact) mass is 467 g/mol. The Morgan fingerprint density at radius 1 is 1.00 bits per heavy atom. The van der Waals surface area contributed by atoms with Gasteiger partial charge in [0.15, 0.2) is 5.17 Å². The Bertz CT molecular complexity index is 910. The number of amidine groups is 1. The highest BCUT2D eigenvalue weighted by molar-refractivity contribution is 8.18. The number of ether oxygens (including phenoxy) is 1. The molecule has 0 radical (unpaired) electrons. The van der Waals surface area contributed by atoms with E-state index < -0.39 is 0 Å². The van der Waals surface area contributed by atoms with Gasteiger partial charge in [-0.05, 0) is 73.7 Å². The van der Waals surface area contributed by atoms with Gasteiger partial charge in [0.2, 0.25) is 0 Å². The number of amides is 1. The van der Waals surface area contributed by atoms with E-state index in [2.05, 4.69) is 41.0 Å². The highest BCUT2D eigenvalue weighted by atomic mass is 32.2. The second kappa shape index (κ2) is 10.6. The molecule has 2 aliphatic carbocycles. The number of anilines is 1. The highest BCUT2D eigenvalue weighted by Gasteiger charge is 2.39. The fraction of sp³-hybridized carbons (Fsp3) is 0.630. The summed E-state index contributed by atoms with van der Waals surface area (Å²) in [4.78, 5) is 24.0. The lowest BCUT2D eigenvalue weighted by Gasteiger charge is -2.31. The molecule has 2 aliphatic heterocycles. The normalized spacial score (nSPS) is 26.0. The van der Waals surface area contributed by atoms with Crippen molar-refractivity contribution in [1.82, 2.24) is 4.90 Å². The molecule has 0 atom stereocenters. The van der Waals surface area contributed by atoms with Crippen LogP contribution in [0.4, 0.5) is 5.69 Å². The maximum absolute atomic E-state index is 13.6. The van der Waals surface area contributed by atoms with Crippen LogP contribution in [0.5, 0.6) is 0 Å². The average Bonchev–Trinajstić information content (AvgIpc) is 3.15. The zero-order chi connectivity index (χ0) is 22.6. The van der Waals surface area contributed by atoms with Crippen molar-refractivity contribution in [2.24, 2.45) is 4.99 Å². The number of morpholine rings is 1. The molecule has 5 nitrogen and oxygen atoms in total. The number of aryl methyl sites for hydroxylation is 1. The molecule has 2 saturated carbocycles. The van der Waals surface area contributed by atoms with E-state index in [-0.39, 0.29) is 5.91 Å². The smallest absolute Gasteiger partial charge is 0.266 e. The van der Waals surface area contributed by atoms with Crippen molar-refractivity contribution < 1.29 is 9.53 Å². The Kier molecular flexibility index (Phi) is 7.41. The van der Waals surface area contributed by atoms with Gasteiger partial charge in [0, 0.05) is 24.8 Å². The molecule has 5 rings (SSSR count). The number of aliphatic imine (C=N–C) groups is 1. The summed E-state index contributed by atoms with van der Waals surface area (Å²) in [6.45, 7) is 5.62. The number of carbonyl (C=O) groups is 1. The third-order valence-corrected chi connectivity index (χ3v) is 8.51. The maximum Gasteiger partial charge on any atom is 0.266 e. The number of hydrogen-bond donors (Lipinski definition) is 0. The summed E-state index contributed by atoms with van der Waals surface area (Å²) >= 11 is 1.61. The van der Waals surface area contributed by atoms with Gasteiger partial charge in [-0.1, -0.05) is 44.6 Å². The highest BCUT2D eigenvalue weighted by Crippen LogP contribution is 2.38. The molecule has 1 aromatic carbocycles. The summed E-state index contributed by atoms with van der Waals surface area (Å²) in [5.41, 5.74) is 3.62. The standard InChI is InChI=1S/C27H37N3O2S/c1-20-18-21(12-13-24(20)29-14-16-32-17-15-29)19-25-26(31)30(23-10-6-3-7-11-23)27(33-25)28-22-8-4-2-5-9-22/h12-13,18-19,22-23H,2-11,14-17H2,1H3. The van der Waals surface area contributed by atoms with Gasteiger partial charge in [0.1, 0.15) is 0 Å². The largest absolute Gasteiger partial charge is 0.378 e. The van der Waals surface area contributed by atoms with Crippen LogP contribution in [0.3, 0.4) is 0 Å². The van der Waals surface area contributed by atoms with Crippen molar-refractivity contribution in [1.29, 1.82) is 0 Å². The average molecular weight is 468 g/mol. The summed E-state index contributed by atoms with van der Waals surface area (Å²) in [7, 11) is 0. The van der Waals surface area contributed by atoms with Crippen LogP contribution >= 0.6 is 11.8 Å². The van der Waals surface area contributed by atoms with E-state index in [4.69, 9.17) is 9.73 Å². The molecule has 0 unspecified atom stereocenters. The van der Waals surface area contributed by atoms with Crippen LogP contribution in [0.15, 0.2) is 28.1 Å². The van der Waals surface area contributed by atoms with Crippen molar-refractivity contribution in [2.45, 2.75) is 83.2 Å². The van der Waals surface area contributed by atoms with E-state index in [1.807, 2.05) is 0 Å². The van der Waals surface area contributed by atoms with Gasteiger partial charge in [-0.2, -0.15) is 0 Å². The predicted molar refractivity (Wildman–Crippen MR) is 138 cm³/mol. The lowest BCUT2D eigenvalue weighted by molar-refractivity contribution is -0.124. The minimum absolute atomic E-state index is 0.163. The molecular formula is C27H37N3O2S. The molecule has 178 valence electrons. The molecule has 4 fully saturated rings. The van der Waals surface area contributed by atoms with Gasteiger partial charge in [-0.3, -0.25) is 14.7 Å². The van der Waals surface area contributed by atoms with Crippen LogP contribution in [0, 0.1) is 6.92 Å². The van der Waals surface area contributed by atoms with Gasteiger partial charge in [-0.15, -0.1) is 0 Å². The third-order valence-electron chi connectivity index (χ3n) is 7.51. The Morgan fingerprint density at radius 2 is 1.70 bits per heavy atom. The molecule has 2 heterocycles. The van der Waals surface area contributed by atoms with Crippen molar-refractivity contribution in [3.8, 4) is 0 Å². The Balaban J connectivity index is 1.39. The summed E-state index contributed by atoms with van der Waals surface area (Å²) < 4.78 is 5.50. The summed E-state index contributed by atoms with van der Waals surface area (Å²) in [6.07, 6.45) is 14.2. The lowest BCUT2D eigenvalue weighted by atomic mass is 9.94. The first-order valence-electron chi connectivity index (χ1n) is 12.9. The molecule has 0 bridgehead atoms. The molecule has 4 aliphatic rings. The fourth-order valence-corrected chi connectivity index (χ4v) is 6.79. The minimum atomic E-state index is 0.163. The number of carbonyl (C=O) groups excluding carboxylic acids is 1. The van der Waals surface area contributed by atoms with Crippen LogP contribution in [-0.4, -0.2) is 54.4 Å². The van der Waals surface area contributed by atoms with E-state index in [0.29, 0.717) is 12.1 Å². The molecule has 0 N–H and O–H groups in total. The van der Waals surface area contributed by atoms with Crippen molar-refractivity contribution in [3.63, 3.8) is 0 Å². The number of benzene rings is 1. The lowest BCUT2D eigenvalue weighted by Crippen LogP contribution is -2.41. The van der Waals surface area contributed by atoms with Crippen LogP contribution in [0.2, 0.25) is 0 Å². The van der Waals surface area contributed by atoms with E-state index in [9.17, 15) is 4.79 Å². The van der Waals surface area contributed by atoms with Gasteiger partial charge in [0.05, 0.1) is 24.2 Å². The van der Waals surface area contributed by atoms with E-state index >= 15 is 0 Å². The molecule has 1 amide bonds. The Labute approximate surface area is 202 Å². The maximum atomic E-state index is 13.6. The fourth-order valence-electron chi connectivity index (χ4n) is 5.68. The zero-order valence-corrected chi connectivity index (χ0v) is 20.7. The molecule has 33 heavy (non-hydrogen) atoms. The Morgan fingerprint density at radius 3 is 2.39 bits per heavy atom. The van der Waals surface area contributed by atoms with Crippen LogP contribution in [0.25, 0.3) is 6.08 Å². The number of hydrogen-bond acceptors (Lipinski definition) is 5. The topological polar surface area (TPSA) is 45.1 Å². The van der Waals surface area contributed by atoms with Crippen LogP contribution in [-0.2, 0) is 9.53 Å². The van der Waals surface area contributed by atoms with Crippen molar-refractivity contribution in [3.05, 3.63) is 34.2 Å². The van der Waals surface area contributed by atoms with E-state index in [1.165, 1.54) is 49.8 Å². The first-order valence-corrected chi connectivity index (χ1v) is 13.7. The van der Waals surface area contributed by atoms with Gasteiger partial charge in [-0.25, -0.2) is 0 Å². The number of thioether (sulfide) groups is 1. The van der Waals surface area contributed by atoms with Crippen molar-refractivity contribution >= 4 is 34.6 Å². The minimum Gasteiger partial charge on any atom is -0.378 e. The predicted octanol–water partition coefficient (Wildman–Crippen LogP) is 5.77. The summed E-state index contributed by atoms with van der Waals surface area (Å²) in [6, 6.07) is 7.27. The quantitative estimate of drug-likeness (QED) is 0.528. The second-order valence-corrected chi connectivity index (χ2v) is 10.9. The van der Waals surface area contributed by atoms with E-state index in [1.54, 1.807) is 11.8 Å². The second-order valence-electron chi connectivity index (χ2n) is 9.93. The first kappa shape index (κ1) is 23.0. The van der Waals surface area contributed by atoms with Gasteiger partial charge < -0.3 is 9.64 Å².